The molecule has 1 amide bonds. The zero-order valence-corrected chi connectivity index (χ0v) is 18.7. The quantitative estimate of drug-likeness (QED) is 0.344. The molecule has 10 heteroatoms. The molecular formula is C21H27FN6O2S. The van der Waals surface area contributed by atoms with Crippen LogP contribution in [0.4, 0.5) is 10.2 Å². The predicted molar refractivity (Wildman–Crippen MR) is 120 cm³/mol. The van der Waals surface area contributed by atoms with Crippen LogP contribution in [-0.4, -0.2) is 50.6 Å². The molecule has 1 aromatic carbocycles. The van der Waals surface area contributed by atoms with Gasteiger partial charge in [0.1, 0.15) is 5.82 Å². The van der Waals surface area contributed by atoms with Crippen molar-refractivity contribution in [3.8, 4) is 5.75 Å². The smallest absolute Gasteiger partial charge is 0.258 e. The van der Waals surface area contributed by atoms with Gasteiger partial charge in [0.2, 0.25) is 0 Å². The molecule has 8 nitrogen and oxygen atoms in total. The highest BCUT2D eigenvalue weighted by Crippen LogP contribution is 2.25. The fraction of sp³-hybridized carbons (Fsp3) is 0.429. The standard InChI is InChI=1S/C21H27FN6O2S/c1-4-11-31-21-26-19(25-14(2)3)15-12-24-28(20(15)27-21)10-9-23-18(29)13-30-17-8-6-5-7-16(17)22/h5-8,12,14H,4,9-11,13H2,1-3H3,(H,23,29)(H,25,26,27). The summed E-state index contributed by atoms with van der Waals surface area (Å²) in [6.45, 7) is 6.73. The molecule has 2 aromatic heterocycles. The number of fused-ring (bicyclic) bond motifs is 1. The topological polar surface area (TPSA) is 94.0 Å². The van der Waals surface area contributed by atoms with Crippen molar-refractivity contribution in [1.29, 1.82) is 0 Å². The van der Waals surface area contributed by atoms with Gasteiger partial charge in [-0.1, -0.05) is 30.8 Å². The molecule has 0 bridgehead atoms. The van der Waals surface area contributed by atoms with Crippen molar-refractivity contribution in [1.82, 2.24) is 25.1 Å². The van der Waals surface area contributed by atoms with E-state index in [1.807, 2.05) is 0 Å². The largest absolute Gasteiger partial charge is 0.481 e. The summed E-state index contributed by atoms with van der Waals surface area (Å²) >= 11 is 1.60. The molecule has 0 spiro atoms. The zero-order chi connectivity index (χ0) is 22.2. The lowest BCUT2D eigenvalue weighted by atomic mass is 10.3. The van der Waals surface area contributed by atoms with Gasteiger partial charge in [-0.3, -0.25) is 4.79 Å². The van der Waals surface area contributed by atoms with Crippen LogP contribution in [0.5, 0.6) is 5.75 Å². The van der Waals surface area contributed by atoms with Crippen molar-refractivity contribution in [3.63, 3.8) is 0 Å². The number of ether oxygens (including phenoxy) is 1. The Balaban J connectivity index is 1.63. The van der Waals surface area contributed by atoms with Crippen molar-refractivity contribution in [2.24, 2.45) is 0 Å². The second kappa shape index (κ2) is 10.9. The summed E-state index contributed by atoms with van der Waals surface area (Å²) in [5.41, 5.74) is 0.716. The normalized spacial score (nSPS) is 11.1. The second-order valence-corrected chi connectivity index (χ2v) is 8.24. The summed E-state index contributed by atoms with van der Waals surface area (Å²) in [4.78, 5) is 21.3. The van der Waals surface area contributed by atoms with Gasteiger partial charge in [-0.2, -0.15) is 5.10 Å². The Morgan fingerprint density at radius 2 is 2.10 bits per heavy atom. The molecule has 3 rings (SSSR count). The molecule has 166 valence electrons. The highest BCUT2D eigenvalue weighted by atomic mass is 32.2. The number of benzene rings is 1. The Kier molecular flexibility index (Phi) is 8.05. The molecule has 0 unspecified atom stereocenters. The van der Waals surface area contributed by atoms with E-state index in [0.29, 0.717) is 23.9 Å². The average Bonchev–Trinajstić information content (AvgIpc) is 3.14. The van der Waals surface area contributed by atoms with Crippen LogP contribution in [0.25, 0.3) is 11.0 Å². The first kappa shape index (κ1) is 22.8. The third-order valence-electron chi connectivity index (χ3n) is 4.18. The van der Waals surface area contributed by atoms with Crippen LogP contribution in [0.3, 0.4) is 0 Å². The van der Waals surface area contributed by atoms with Crippen LogP contribution in [0.2, 0.25) is 0 Å². The molecule has 0 saturated heterocycles. The van der Waals surface area contributed by atoms with E-state index in [1.54, 1.807) is 34.8 Å². The van der Waals surface area contributed by atoms with Crippen LogP contribution in [0.1, 0.15) is 27.2 Å². The van der Waals surface area contributed by atoms with Crippen LogP contribution in [0.15, 0.2) is 35.6 Å². The van der Waals surface area contributed by atoms with Gasteiger partial charge in [0.25, 0.3) is 5.91 Å². The number of hydrogen-bond donors (Lipinski definition) is 2. The summed E-state index contributed by atoms with van der Waals surface area (Å²) in [6, 6.07) is 6.20. The van der Waals surface area contributed by atoms with Gasteiger partial charge >= 0.3 is 0 Å². The maximum absolute atomic E-state index is 13.6. The molecule has 0 saturated carbocycles. The summed E-state index contributed by atoms with van der Waals surface area (Å²) in [7, 11) is 0. The number of carbonyl (C=O) groups is 1. The summed E-state index contributed by atoms with van der Waals surface area (Å²) < 4.78 is 20.5. The van der Waals surface area contributed by atoms with Gasteiger partial charge < -0.3 is 15.4 Å². The van der Waals surface area contributed by atoms with Crippen LogP contribution in [0, 0.1) is 5.82 Å². The third-order valence-corrected chi connectivity index (χ3v) is 5.23. The first-order valence-corrected chi connectivity index (χ1v) is 11.2. The van der Waals surface area contributed by atoms with E-state index in [0.717, 1.165) is 23.4 Å². The van der Waals surface area contributed by atoms with E-state index < -0.39 is 5.82 Å². The van der Waals surface area contributed by atoms with E-state index in [2.05, 4.69) is 46.5 Å². The Labute approximate surface area is 185 Å². The SMILES string of the molecule is CCCSc1nc(NC(C)C)c2cnn(CCNC(=O)COc3ccccc3F)c2n1. The fourth-order valence-corrected chi connectivity index (χ4v) is 3.49. The maximum atomic E-state index is 13.6. The summed E-state index contributed by atoms with van der Waals surface area (Å²) in [6.07, 6.45) is 2.76. The van der Waals surface area contributed by atoms with E-state index >= 15 is 0 Å². The van der Waals surface area contributed by atoms with Crippen molar-refractivity contribution >= 4 is 34.5 Å². The first-order valence-electron chi connectivity index (χ1n) is 10.2. The molecule has 0 radical (unpaired) electrons. The van der Waals surface area contributed by atoms with Gasteiger partial charge in [0, 0.05) is 18.3 Å². The maximum Gasteiger partial charge on any atom is 0.258 e. The second-order valence-electron chi connectivity index (χ2n) is 7.18. The molecule has 2 N–H and O–H groups in total. The molecule has 3 aromatic rings. The number of rotatable bonds is 11. The first-order chi connectivity index (χ1) is 15.0. The van der Waals surface area contributed by atoms with Crippen LogP contribution < -0.4 is 15.4 Å². The minimum absolute atomic E-state index is 0.0507. The fourth-order valence-electron chi connectivity index (χ4n) is 2.80. The number of nitrogens with one attached hydrogen (secondary N) is 2. The highest BCUT2D eigenvalue weighted by molar-refractivity contribution is 7.99. The van der Waals surface area contributed by atoms with Crippen molar-refractivity contribution in [3.05, 3.63) is 36.3 Å². The monoisotopic (exact) mass is 446 g/mol. The number of hydrogen-bond acceptors (Lipinski definition) is 7. The predicted octanol–water partition coefficient (Wildman–Crippen LogP) is 3.48. The lowest BCUT2D eigenvalue weighted by Gasteiger charge is -2.12. The number of aromatic nitrogens is 4. The van der Waals surface area contributed by atoms with Gasteiger partial charge in [-0.25, -0.2) is 19.0 Å². The highest BCUT2D eigenvalue weighted by Gasteiger charge is 2.14. The van der Waals surface area contributed by atoms with E-state index in [1.165, 1.54) is 12.1 Å². The number of amides is 1. The Bertz CT molecular complexity index is 1030. The molecule has 0 aliphatic rings. The number of carbonyl (C=O) groups excluding carboxylic acids is 1. The van der Waals surface area contributed by atoms with E-state index in [4.69, 9.17) is 4.74 Å². The number of para-hydroxylation sites is 1. The molecule has 31 heavy (non-hydrogen) atoms. The number of nitrogens with zero attached hydrogens (tertiary/aromatic N) is 4. The molecule has 0 aliphatic carbocycles. The summed E-state index contributed by atoms with van der Waals surface area (Å²) in [5, 5.41) is 12.1. The van der Waals surface area contributed by atoms with Crippen molar-refractivity contribution < 1.29 is 13.9 Å². The van der Waals surface area contributed by atoms with Crippen LogP contribution >= 0.6 is 11.8 Å². The minimum Gasteiger partial charge on any atom is -0.481 e. The lowest BCUT2D eigenvalue weighted by Crippen LogP contribution is -2.31. The zero-order valence-electron chi connectivity index (χ0n) is 17.9. The molecule has 0 atom stereocenters. The lowest BCUT2D eigenvalue weighted by molar-refractivity contribution is -0.123. The molecule has 2 heterocycles. The molecular weight excluding hydrogens is 419 g/mol. The molecule has 0 aliphatic heterocycles. The number of anilines is 1. The molecule has 0 fully saturated rings. The van der Waals surface area contributed by atoms with Gasteiger partial charge in [-0.05, 0) is 32.4 Å². The van der Waals surface area contributed by atoms with Crippen molar-refractivity contribution in [2.75, 3.05) is 24.2 Å². The van der Waals surface area contributed by atoms with Gasteiger partial charge in [0.05, 0.1) is 18.1 Å². The average molecular weight is 447 g/mol. The minimum atomic E-state index is -0.499. The Hall–Kier alpha value is -2.88. The number of thioether (sulfide) groups is 1. The Morgan fingerprint density at radius 3 is 2.84 bits per heavy atom. The van der Waals surface area contributed by atoms with Gasteiger partial charge in [-0.15, -0.1) is 0 Å². The van der Waals surface area contributed by atoms with Gasteiger partial charge in [0.15, 0.2) is 29.0 Å². The Morgan fingerprint density at radius 1 is 1.29 bits per heavy atom. The van der Waals surface area contributed by atoms with E-state index in [9.17, 15) is 9.18 Å². The number of halogens is 1. The van der Waals surface area contributed by atoms with Crippen molar-refractivity contribution in [2.45, 2.75) is 44.9 Å². The summed E-state index contributed by atoms with van der Waals surface area (Å²) in [5.74, 6) is 0.900. The third kappa shape index (κ3) is 6.30. The van der Waals surface area contributed by atoms with E-state index in [-0.39, 0.29) is 24.3 Å². The van der Waals surface area contributed by atoms with Crippen LogP contribution in [-0.2, 0) is 11.3 Å².